The van der Waals surface area contributed by atoms with Crippen molar-refractivity contribution in [3.63, 3.8) is 0 Å². The van der Waals surface area contributed by atoms with E-state index in [4.69, 9.17) is 4.74 Å². The topological polar surface area (TPSA) is 64.1 Å². The number of anilines is 1. The van der Waals surface area contributed by atoms with E-state index in [-0.39, 0.29) is 11.2 Å². The van der Waals surface area contributed by atoms with Crippen LogP contribution in [0.25, 0.3) is 0 Å². The van der Waals surface area contributed by atoms with E-state index >= 15 is 0 Å². The number of thioether (sulfide) groups is 2. The molecular formula is C22H25N3O2S3. The molecular weight excluding hydrogens is 434 g/mol. The predicted molar refractivity (Wildman–Crippen MR) is 127 cm³/mol. The Morgan fingerprint density at radius 2 is 1.70 bits per heavy atom. The molecule has 158 valence electrons. The quantitative estimate of drug-likeness (QED) is 0.391. The van der Waals surface area contributed by atoms with E-state index in [2.05, 4.69) is 53.6 Å². The second-order valence-electron chi connectivity index (χ2n) is 7.00. The summed E-state index contributed by atoms with van der Waals surface area (Å²) < 4.78 is 6.84. The zero-order chi connectivity index (χ0) is 21.5. The van der Waals surface area contributed by atoms with E-state index in [1.165, 1.54) is 34.2 Å². The molecule has 0 aliphatic carbocycles. The molecule has 0 radical (unpaired) electrons. The summed E-state index contributed by atoms with van der Waals surface area (Å²) in [6.07, 6.45) is 0. The molecule has 0 aliphatic rings. The smallest absolute Gasteiger partial charge is 0.237 e. The van der Waals surface area contributed by atoms with Crippen LogP contribution in [0.3, 0.4) is 0 Å². The van der Waals surface area contributed by atoms with Gasteiger partial charge in [0.1, 0.15) is 5.75 Å². The number of nitrogens with zero attached hydrogens (tertiary/aromatic N) is 2. The predicted octanol–water partition coefficient (Wildman–Crippen LogP) is 6.08. The first-order valence-electron chi connectivity index (χ1n) is 9.61. The van der Waals surface area contributed by atoms with Gasteiger partial charge in [-0.05, 0) is 48.2 Å². The van der Waals surface area contributed by atoms with Gasteiger partial charge >= 0.3 is 0 Å². The summed E-state index contributed by atoms with van der Waals surface area (Å²) in [5.41, 5.74) is 3.35. The Hall–Kier alpha value is -2.03. The van der Waals surface area contributed by atoms with Gasteiger partial charge in [0.2, 0.25) is 5.91 Å². The maximum absolute atomic E-state index is 12.5. The van der Waals surface area contributed by atoms with Crippen LogP contribution in [0.1, 0.15) is 37.8 Å². The van der Waals surface area contributed by atoms with Crippen LogP contribution in [-0.4, -0.2) is 28.5 Å². The lowest BCUT2D eigenvalue weighted by Crippen LogP contribution is -2.22. The minimum atomic E-state index is -0.276. The fourth-order valence-corrected chi connectivity index (χ4v) is 5.69. The summed E-state index contributed by atoms with van der Waals surface area (Å²) in [6.45, 7) is 6.26. The average Bonchev–Trinajstić information content (AvgIpc) is 3.20. The molecule has 5 nitrogen and oxygen atoms in total. The van der Waals surface area contributed by atoms with Crippen molar-refractivity contribution in [3.05, 3.63) is 59.7 Å². The highest BCUT2D eigenvalue weighted by Gasteiger charge is 2.17. The molecule has 1 N–H and O–H groups in total. The number of rotatable bonds is 9. The minimum Gasteiger partial charge on any atom is -0.497 e. The molecule has 30 heavy (non-hydrogen) atoms. The van der Waals surface area contributed by atoms with Crippen molar-refractivity contribution in [2.24, 2.45) is 0 Å². The Kier molecular flexibility index (Phi) is 8.18. The Bertz CT molecular complexity index is 957. The Balaban J connectivity index is 1.49. The highest BCUT2D eigenvalue weighted by molar-refractivity contribution is 8.03. The van der Waals surface area contributed by atoms with Gasteiger partial charge in [0, 0.05) is 11.4 Å². The standard InChI is InChI=1S/C22H25N3O2S3/c1-14(2)17-7-5-16(6-8-17)13-28-21-24-25-22(30-21)29-15(3)20(26)23-18-9-11-19(27-4)12-10-18/h5-12,14-15H,13H2,1-4H3,(H,23,26). The van der Waals surface area contributed by atoms with Crippen molar-refractivity contribution in [2.45, 2.75) is 46.4 Å². The van der Waals surface area contributed by atoms with Crippen LogP contribution in [0.15, 0.2) is 57.2 Å². The molecule has 0 spiro atoms. The molecule has 1 unspecified atom stereocenters. The van der Waals surface area contributed by atoms with Gasteiger partial charge in [-0.25, -0.2) is 0 Å². The van der Waals surface area contributed by atoms with Crippen molar-refractivity contribution < 1.29 is 9.53 Å². The van der Waals surface area contributed by atoms with Crippen molar-refractivity contribution in [2.75, 3.05) is 12.4 Å². The van der Waals surface area contributed by atoms with E-state index < -0.39 is 0 Å². The zero-order valence-electron chi connectivity index (χ0n) is 17.4. The summed E-state index contributed by atoms with van der Waals surface area (Å²) in [7, 11) is 1.61. The van der Waals surface area contributed by atoms with Crippen LogP contribution in [0.2, 0.25) is 0 Å². The molecule has 1 aromatic heterocycles. The molecule has 0 aliphatic heterocycles. The zero-order valence-corrected chi connectivity index (χ0v) is 19.9. The first-order chi connectivity index (χ1) is 14.4. The first kappa shape index (κ1) is 22.7. The van der Waals surface area contributed by atoms with Crippen molar-refractivity contribution in [3.8, 4) is 5.75 Å². The van der Waals surface area contributed by atoms with Gasteiger partial charge in [0.25, 0.3) is 0 Å². The first-order valence-corrected chi connectivity index (χ1v) is 12.3. The number of hydrogen-bond acceptors (Lipinski definition) is 7. The van der Waals surface area contributed by atoms with E-state index in [9.17, 15) is 4.79 Å². The van der Waals surface area contributed by atoms with Crippen molar-refractivity contribution in [1.29, 1.82) is 0 Å². The summed E-state index contributed by atoms with van der Waals surface area (Å²) >= 11 is 4.61. The molecule has 0 saturated carbocycles. The van der Waals surface area contributed by atoms with Gasteiger partial charge in [0.15, 0.2) is 8.68 Å². The number of nitrogens with one attached hydrogen (secondary N) is 1. The highest BCUT2D eigenvalue weighted by atomic mass is 32.2. The van der Waals surface area contributed by atoms with E-state index in [0.717, 1.165) is 25.9 Å². The molecule has 2 aromatic carbocycles. The van der Waals surface area contributed by atoms with Crippen LogP contribution in [0.5, 0.6) is 5.75 Å². The van der Waals surface area contributed by atoms with Gasteiger partial charge in [-0.3, -0.25) is 4.79 Å². The number of methoxy groups -OCH3 is 1. The summed E-state index contributed by atoms with van der Waals surface area (Å²) in [6, 6.07) is 16.0. The average molecular weight is 460 g/mol. The largest absolute Gasteiger partial charge is 0.497 e. The van der Waals surface area contributed by atoms with Crippen LogP contribution in [-0.2, 0) is 10.5 Å². The molecule has 8 heteroatoms. The molecule has 3 aromatic rings. The Morgan fingerprint density at radius 1 is 1.03 bits per heavy atom. The van der Waals surface area contributed by atoms with Gasteiger partial charge in [-0.2, -0.15) is 0 Å². The number of aromatic nitrogens is 2. The number of ether oxygens (including phenoxy) is 1. The number of carbonyl (C=O) groups is 1. The highest BCUT2D eigenvalue weighted by Crippen LogP contribution is 2.33. The lowest BCUT2D eigenvalue weighted by molar-refractivity contribution is -0.115. The fourth-order valence-electron chi connectivity index (χ4n) is 2.57. The number of benzene rings is 2. The van der Waals surface area contributed by atoms with Crippen molar-refractivity contribution in [1.82, 2.24) is 10.2 Å². The van der Waals surface area contributed by atoms with E-state index in [1.807, 2.05) is 31.2 Å². The number of carbonyl (C=O) groups excluding carboxylic acids is 1. The normalized spacial score (nSPS) is 12.0. The lowest BCUT2D eigenvalue weighted by atomic mass is 10.0. The number of amides is 1. The van der Waals surface area contributed by atoms with Crippen molar-refractivity contribution >= 4 is 46.5 Å². The van der Waals surface area contributed by atoms with Gasteiger partial charge < -0.3 is 10.1 Å². The molecule has 1 amide bonds. The molecule has 0 fully saturated rings. The van der Waals surface area contributed by atoms with E-state index in [1.54, 1.807) is 18.9 Å². The van der Waals surface area contributed by atoms with Crippen LogP contribution in [0.4, 0.5) is 5.69 Å². The van der Waals surface area contributed by atoms with Gasteiger partial charge in [0.05, 0.1) is 12.4 Å². The second-order valence-corrected chi connectivity index (χ2v) is 10.8. The summed E-state index contributed by atoms with van der Waals surface area (Å²) in [4.78, 5) is 12.5. The van der Waals surface area contributed by atoms with Gasteiger partial charge in [-0.1, -0.05) is 73.0 Å². The number of hydrogen-bond donors (Lipinski definition) is 1. The molecule has 1 atom stereocenters. The van der Waals surface area contributed by atoms with E-state index in [0.29, 0.717) is 5.92 Å². The Labute approximate surface area is 190 Å². The van der Waals surface area contributed by atoms with Gasteiger partial charge in [-0.15, -0.1) is 10.2 Å². The third-order valence-electron chi connectivity index (χ3n) is 4.40. The SMILES string of the molecule is COc1ccc(NC(=O)C(C)Sc2nnc(SCc3ccc(C(C)C)cc3)s2)cc1. The van der Waals surface area contributed by atoms with Crippen LogP contribution < -0.4 is 10.1 Å². The summed E-state index contributed by atoms with van der Waals surface area (Å²) in [5, 5.41) is 11.1. The van der Waals surface area contributed by atoms with Crippen LogP contribution in [0, 0.1) is 0 Å². The third kappa shape index (κ3) is 6.48. The van der Waals surface area contributed by atoms with Crippen LogP contribution >= 0.6 is 34.9 Å². The third-order valence-corrected chi connectivity index (χ3v) is 7.71. The Morgan fingerprint density at radius 3 is 2.33 bits per heavy atom. The lowest BCUT2D eigenvalue weighted by Gasteiger charge is -2.10. The summed E-state index contributed by atoms with van der Waals surface area (Å²) in [5.74, 6) is 2.08. The minimum absolute atomic E-state index is 0.0696. The molecule has 1 heterocycles. The molecule has 0 bridgehead atoms. The fraction of sp³-hybridized carbons (Fsp3) is 0.318. The maximum atomic E-state index is 12.5. The maximum Gasteiger partial charge on any atom is 0.237 e. The molecule has 0 saturated heterocycles. The monoisotopic (exact) mass is 459 g/mol. The molecule has 3 rings (SSSR count). The second kappa shape index (κ2) is 10.8.